The zero-order chi connectivity index (χ0) is 18.0. The number of amides is 1. The molecule has 1 aromatic rings. The zero-order valence-electron chi connectivity index (χ0n) is 14.0. The average Bonchev–Trinajstić information content (AvgIpc) is 2.64. The van der Waals surface area contributed by atoms with Gasteiger partial charge in [0.1, 0.15) is 16.5 Å². The van der Waals surface area contributed by atoms with E-state index in [1.165, 1.54) is 0 Å². The molecule has 1 amide bonds. The van der Waals surface area contributed by atoms with Gasteiger partial charge in [0.15, 0.2) is 0 Å². The van der Waals surface area contributed by atoms with Gasteiger partial charge in [-0.1, -0.05) is 0 Å². The first-order valence-corrected chi connectivity index (χ1v) is 10.1. The predicted molar refractivity (Wildman–Crippen MR) is 88.3 cm³/mol. The van der Waals surface area contributed by atoms with Crippen molar-refractivity contribution in [3.8, 4) is 0 Å². The van der Waals surface area contributed by atoms with Crippen LogP contribution in [0.2, 0.25) is 0 Å². The number of benzene rings is 1. The van der Waals surface area contributed by atoms with Crippen molar-refractivity contribution in [3.05, 3.63) is 29.8 Å². The molecule has 0 atom stereocenters. The van der Waals surface area contributed by atoms with Gasteiger partial charge in [0, 0.05) is 32.1 Å². The first-order valence-electron chi connectivity index (χ1n) is 8.63. The second-order valence-electron chi connectivity index (χ2n) is 6.64. The Kier molecular flexibility index (Phi) is 5.38. The van der Waals surface area contributed by atoms with Crippen LogP contribution in [0, 0.1) is 17.6 Å². The number of carbonyl (C=O) groups excluding carboxylic acids is 1. The van der Waals surface area contributed by atoms with Gasteiger partial charge in [-0.05, 0) is 50.3 Å². The topological polar surface area (TPSA) is 57.7 Å². The molecule has 25 heavy (non-hydrogen) atoms. The van der Waals surface area contributed by atoms with Gasteiger partial charge in [-0.2, -0.15) is 4.31 Å². The van der Waals surface area contributed by atoms with E-state index in [0.717, 1.165) is 48.8 Å². The number of carbonyl (C=O) groups is 1. The molecule has 0 spiro atoms. The maximum Gasteiger partial charge on any atom is 0.246 e. The summed E-state index contributed by atoms with van der Waals surface area (Å²) in [4.78, 5) is 13.7. The number of likely N-dealkylation sites (tertiary alicyclic amines) is 1. The lowest BCUT2D eigenvalue weighted by Crippen LogP contribution is -2.45. The molecule has 3 rings (SSSR count). The summed E-state index contributed by atoms with van der Waals surface area (Å²) in [5, 5.41) is 0. The maximum absolute atomic E-state index is 13.8. The van der Waals surface area contributed by atoms with E-state index in [4.69, 9.17) is 0 Å². The smallest absolute Gasteiger partial charge is 0.246 e. The standard InChI is InChI=1S/C17H22F2N2O3S/c18-14-4-5-15(19)16(12-14)25(23,24)21-10-6-13(7-11-21)17(22)20-8-2-1-3-9-20/h4-5,12-13H,1-3,6-11H2. The summed E-state index contributed by atoms with van der Waals surface area (Å²) in [6.45, 7) is 1.82. The predicted octanol–water partition coefficient (Wildman–Crippen LogP) is 2.38. The Labute approximate surface area is 146 Å². The molecule has 2 aliphatic heterocycles. The Morgan fingerprint density at radius 2 is 1.64 bits per heavy atom. The molecule has 2 aliphatic rings. The van der Waals surface area contributed by atoms with Crippen LogP contribution >= 0.6 is 0 Å². The van der Waals surface area contributed by atoms with Gasteiger partial charge in [0.2, 0.25) is 15.9 Å². The van der Waals surface area contributed by atoms with Crippen molar-refractivity contribution < 1.29 is 22.0 Å². The third-order valence-electron chi connectivity index (χ3n) is 4.98. The van der Waals surface area contributed by atoms with E-state index in [0.29, 0.717) is 18.9 Å². The Hall–Kier alpha value is -1.54. The fourth-order valence-corrected chi connectivity index (χ4v) is 5.08. The molecule has 0 bridgehead atoms. The lowest BCUT2D eigenvalue weighted by Gasteiger charge is -2.35. The van der Waals surface area contributed by atoms with Crippen LogP contribution in [0.1, 0.15) is 32.1 Å². The second kappa shape index (κ2) is 7.37. The minimum Gasteiger partial charge on any atom is -0.342 e. The van der Waals surface area contributed by atoms with Crippen LogP contribution in [0.25, 0.3) is 0 Å². The van der Waals surface area contributed by atoms with Crippen LogP contribution in [0.5, 0.6) is 0 Å². The molecule has 138 valence electrons. The molecule has 0 aromatic heterocycles. The molecule has 2 heterocycles. The average molecular weight is 372 g/mol. The number of hydrogen-bond acceptors (Lipinski definition) is 3. The molecular formula is C17H22F2N2O3S. The van der Waals surface area contributed by atoms with Gasteiger partial charge in [-0.25, -0.2) is 17.2 Å². The van der Waals surface area contributed by atoms with Gasteiger partial charge in [-0.3, -0.25) is 4.79 Å². The highest BCUT2D eigenvalue weighted by Crippen LogP contribution is 2.27. The van der Waals surface area contributed by atoms with Gasteiger partial charge in [0.05, 0.1) is 0 Å². The maximum atomic E-state index is 13.8. The van der Waals surface area contributed by atoms with E-state index in [-0.39, 0.29) is 24.9 Å². The summed E-state index contributed by atoms with van der Waals surface area (Å²) in [5.41, 5.74) is 0. The highest BCUT2D eigenvalue weighted by molar-refractivity contribution is 7.89. The van der Waals surface area contributed by atoms with Gasteiger partial charge in [0.25, 0.3) is 0 Å². The first kappa shape index (κ1) is 18.3. The molecule has 2 fully saturated rings. The van der Waals surface area contributed by atoms with Crippen LogP contribution < -0.4 is 0 Å². The molecule has 0 N–H and O–H groups in total. The van der Waals surface area contributed by atoms with Gasteiger partial charge >= 0.3 is 0 Å². The van der Waals surface area contributed by atoms with E-state index >= 15 is 0 Å². The molecule has 8 heteroatoms. The molecular weight excluding hydrogens is 350 g/mol. The Morgan fingerprint density at radius 1 is 1.00 bits per heavy atom. The highest BCUT2D eigenvalue weighted by atomic mass is 32.2. The summed E-state index contributed by atoms with van der Waals surface area (Å²) in [6, 6.07) is 2.41. The summed E-state index contributed by atoms with van der Waals surface area (Å²) >= 11 is 0. The van der Waals surface area contributed by atoms with Crippen LogP contribution in [0.3, 0.4) is 0 Å². The summed E-state index contributed by atoms with van der Waals surface area (Å²) in [6.07, 6.45) is 3.98. The monoisotopic (exact) mass is 372 g/mol. The quantitative estimate of drug-likeness (QED) is 0.819. The van der Waals surface area contributed by atoms with Crippen molar-refractivity contribution in [1.82, 2.24) is 9.21 Å². The molecule has 2 saturated heterocycles. The van der Waals surface area contributed by atoms with E-state index in [2.05, 4.69) is 0 Å². The van der Waals surface area contributed by atoms with E-state index in [1.807, 2.05) is 4.90 Å². The zero-order valence-corrected chi connectivity index (χ0v) is 14.8. The van der Waals surface area contributed by atoms with Crippen molar-refractivity contribution in [2.24, 2.45) is 5.92 Å². The van der Waals surface area contributed by atoms with Crippen LogP contribution in [0.15, 0.2) is 23.1 Å². The molecule has 0 unspecified atom stereocenters. The number of nitrogens with zero attached hydrogens (tertiary/aromatic N) is 2. The first-order chi connectivity index (χ1) is 11.9. The van der Waals surface area contributed by atoms with Crippen molar-refractivity contribution in [2.45, 2.75) is 37.0 Å². The fourth-order valence-electron chi connectivity index (χ4n) is 3.53. The SMILES string of the molecule is O=C(C1CCN(S(=O)(=O)c2cc(F)ccc2F)CC1)N1CCCCC1. The third-order valence-corrected chi connectivity index (χ3v) is 6.90. The summed E-state index contributed by atoms with van der Waals surface area (Å²) in [5.74, 6) is -1.86. The normalized spacial score (nSPS) is 20.6. The molecule has 0 aliphatic carbocycles. The highest BCUT2D eigenvalue weighted by Gasteiger charge is 2.35. The lowest BCUT2D eigenvalue weighted by atomic mass is 9.95. The van der Waals surface area contributed by atoms with Crippen LogP contribution in [-0.4, -0.2) is 49.7 Å². The molecule has 5 nitrogen and oxygen atoms in total. The Bertz CT molecular complexity index is 740. The second-order valence-corrected chi connectivity index (χ2v) is 8.55. The summed E-state index contributed by atoms with van der Waals surface area (Å²) < 4.78 is 53.4. The Balaban J connectivity index is 1.67. The minimum atomic E-state index is -4.10. The van der Waals surface area contributed by atoms with Crippen molar-refractivity contribution in [1.29, 1.82) is 0 Å². The molecule has 1 aromatic carbocycles. The van der Waals surface area contributed by atoms with Crippen LogP contribution in [0.4, 0.5) is 8.78 Å². The van der Waals surface area contributed by atoms with E-state index < -0.39 is 26.6 Å². The van der Waals surface area contributed by atoms with Crippen molar-refractivity contribution in [2.75, 3.05) is 26.2 Å². The molecule has 0 radical (unpaired) electrons. The fraction of sp³-hybridized carbons (Fsp3) is 0.588. The number of rotatable bonds is 3. The molecule has 0 saturated carbocycles. The number of sulfonamides is 1. The third kappa shape index (κ3) is 3.84. The Morgan fingerprint density at radius 3 is 2.28 bits per heavy atom. The minimum absolute atomic E-state index is 0.0914. The van der Waals surface area contributed by atoms with Crippen molar-refractivity contribution >= 4 is 15.9 Å². The summed E-state index contributed by atoms with van der Waals surface area (Å²) in [7, 11) is -4.10. The number of piperidine rings is 2. The van der Waals surface area contributed by atoms with E-state index in [1.54, 1.807) is 0 Å². The number of halogens is 2. The number of hydrogen-bond donors (Lipinski definition) is 0. The van der Waals surface area contributed by atoms with Crippen LogP contribution in [-0.2, 0) is 14.8 Å². The van der Waals surface area contributed by atoms with Gasteiger partial charge in [-0.15, -0.1) is 0 Å². The van der Waals surface area contributed by atoms with Crippen molar-refractivity contribution in [3.63, 3.8) is 0 Å². The van der Waals surface area contributed by atoms with E-state index in [9.17, 15) is 22.0 Å². The van der Waals surface area contributed by atoms with Gasteiger partial charge < -0.3 is 4.90 Å². The largest absolute Gasteiger partial charge is 0.342 e. The lowest BCUT2D eigenvalue weighted by molar-refractivity contribution is -0.137.